The topological polar surface area (TPSA) is 76.1 Å². The number of benzene rings is 2. The van der Waals surface area contributed by atoms with Gasteiger partial charge in [0.2, 0.25) is 5.91 Å². The highest BCUT2D eigenvalue weighted by atomic mass is 35.5. The molecule has 0 radical (unpaired) electrons. The predicted molar refractivity (Wildman–Crippen MR) is 106 cm³/mol. The molecule has 2 aromatic carbocycles. The Morgan fingerprint density at radius 3 is 2.63 bits per heavy atom. The molecule has 2 N–H and O–H groups in total. The molecule has 3 rings (SSSR count). The van der Waals surface area contributed by atoms with E-state index in [0.717, 1.165) is 0 Å². The number of hydrogen-bond donors (Lipinski definition) is 2. The summed E-state index contributed by atoms with van der Waals surface area (Å²) in [5, 5.41) is 6.50. The van der Waals surface area contributed by atoms with E-state index in [1.54, 1.807) is 30.3 Å². The minimum Gasteiger partial charge on any atom is -0.492 e. The monoisotopic (exact) mass is 405 g/mol. The van der Waals surface area contributed by atoms with E-state index < -0.39 is 0 Å². The Hall–Kier alpha value is -2.70. The highest BCUT2D eigenvalue weighted by molar-refractivity contribution is 6.35. The number of carbonyl (C=O) groups excluding carboxylic acids is 1. The molecule has 0 bridgehead atoms. The first kappa shape index (κ1) is 19.1. The van der Waals surface area contributed by atoms with Gasteiger partial charge in [0.15, 0.2) is 0 Å². The summed E-state index contributed by atoms with van der Waals surface area (Å²) in [6.07, 6.45) is 0.734. The van der Waals surface area contributed by atoms with Crippen LogP contribution < -0.4 is 15.6 Å². The summed E-state index contributed by atoms with van der Waals surface area (Å²) >= 11 is 11.9. The second-order valence-electron chi connectivity index (χ2n) is 5.75. The largest absolute Gasteiger partial charge is 0.492 e. The lowest BCUT2D eigenvalue weighted by Gasteiger charge is -2.08. The molecular weight excluding hydrogens is 389 g/mol. The van der Waals surface area contributed by atoms with Crippen molar-refractivity contribution in [2.45, 2.75) is 12.8 Å². The molecular formula is C19H17Cl2N3O3. The average Bonchev–Trinajstić information content (AvgIpc) is 3.01. The maximum atomic E-state index is 12.1. The number of aromatic amines is 1. The van der Waals surface area contributed by atoms with E-state index in [2.05, 4.69) is 10.4 Å². The van der Waals surface area contributed by atoms with Gasteiger partial charge in [-0.1, -0.05) is 41.4 Å². The van der Waals surface area contributed by atoms with Crippen molar-refractivity contribution in [1.82, 2.24) is 9.78 Å². The zero-order valence-electron chi connectivity index (χ0n) is 14.2. The molecule has 0 unspecified atom stereocenters. The quantitative estimate of drug-likeness (QED) is 0.576. The van der Waals surface area contributed by atoms with E-state index in [0.29, 0.717) is 40.3 Å². The molecule has 0 atom stereocenters. The second-order valence-corrected chi connectivity index (χ2v) is 6.60. The molecule has 0 fully saturated rings. The zero-order valence-corrected chi connectivity index (χ0v) is 15.8. The number of anilines is 1. The van der Waals surface area contributed by atoms with Crippen molar-refractivity contribution < 1.29 is 9.53 Å². The fourth-order valence-electron chi connectivity index (χ4n) is 2.45. The van der Waals surface area contributed by atoms with Crippen LogP contribution in [0.2, 0.25) is 10.0 Å². The normalized spacial score (nSPS) is 10.6. The van der Waals surface area contributed by atoms with Crippen LogP contribution in [0.3, 0.4) is 0 Å². The van der Waals surface area contributed by atoms with Crippen LogP contribution >= 0.6 is 23.2 Å². The Bertz CT molecular complexity index is 983. The first-order valence-corrected chi connectivity index (χ1v) is 9.04. The lowest BCUT2D eigenvalue weighted by atomic mass is 10.3. The number of carbonyl (C=O) groups is 1. The molecule has 0 spiro atoms. The fourth-order valence-corrected chi connectivity index (χ4v) is 2.91. The highest BCUT2D eigenvalue weighted by Crippen LogP contribution is 2.27. The summed E-state index contributed by atoms with van der Waals surface area (Å²) in [5.41, 5.74) is 0.438. The van der Waals surface area contributed by atoms with E-state index >= 15 is 0 Å². The fraction of sp³-hybridized carbons (Fsp3) is 0.158. The van der Waals surface area contributed by atoms with Crippen molar-refractivity contribution in [3.63, 3.8) is 0 Å². The number of ether oxygens (including phenoxy) is 1. The zero-order chi connectivity index (χ0) is 19.2. The Morgan fingerprint density at radius 1 is 1.11 bits per heavy atom. The van der Waals surface area contributed by atoms with Crippen molar-refractivity contribution in [2.75, 3.05) is 11.9 Å². The molecule has 1 heterocycles. The van der Waals surface area contributed by atoms with Gasteiger partial charge in [-0.3, -0.25) is 14.7 Å². The maximum absolute atomic E-state index is 12.1. The third-order valence-corrected chi connectivity index (χ3v) is 4.24. The predicted octanol–water partition coefficient (Wildman–Crippen LogP) is 4.27. The Labute approximate surface area is 165 Å². The number of nitrogens with one attached hydrogen (secondary N) is 2. The van der Waals surface area contributed by atoms with E-state index in [9.17, 15) is 9.59 Å². The van der Waals surface area contributed by atoms with Crippen LogP contribution in [-0.2, 0) is 4.79 Å². The molecule has 6 nitrogen and oxygen atoms in total. The Kier molecular flexibility index (Phi) is 6.21. The van der Waals surface area contributed by atoms with Crippen molar-refractivity contribution in [3.8, 4) is 11.4 Å². The number of nitrogens with zero attached hydrogens (tertiary/aromatic N) is 1. The van der Waals surface area contributed by atoms with Gasteiger partial charge in [-0.05, 0) is 36.8 Å². The van der Waals surface area contributed by atoms with Gasteiger partial charge in [-0.15, -0.1) is 0 Å². The standard InChI is InChI=1S/C19H17Cl2N3O3/c20-13-8-9-16(15(21)11-13)27-10-4-7-18(25)22-17-12-19(26)24(23-17)14-5-2-1-3-6-14/h1-3,5-6,8-9,11-12,23H,4,7,10H2,(H,22,25). The Morgan fingerprint density at radius 2 is 1.89 bits per heavy atom. The van der Waals surface area contributed by atoms with Crippen LogP contribution in [0.15, 0.2) is 59.4 Å². The third-order valence-electron chi connectivity index (χ3n) is 3.71. The maximum Gasteiger partial charge on any atom is 0.273 e. The summed E-state index contributed by atoms with van der Waals surface area (Å²) in [4.78, 5) is 24.1. The number of halogens is 2. The van der Waals surface area contributed by atoms with Crippen LogP contribution in [0.4, 0.5) is 5.82 Å². The van der Waals surface area contributed by atoms with Gasteiger partial charge in [-0.2, -0.15) is 0 Å². The van der Waals surface area contributed by atoms with Gasteiger partial charge in [0, 0.05) is 17.5 Å². The molecule has 8 heteroatoms. The number of hydrogen-bond acceptors (Lipinski definition) is 3. The Balaban J connectivity index is 1.49. The number of amides is 1. The van der Waals surface area contributed by atoms with E-state index in [1.165, 1.54) is 10.7 Å². The molecule has 3 aromatic rings. The smallest absolute Gasteiger partial charge is 0.273 e. The minimum atomic E-state index is -0.253. The molecule has 0 aliphatic rings. The van der Waals surface area contributed by atoms with Gasteiger partial charge in [0.1, 0.15) is 11.6 Å². The van der Waals surface area contributed by atoms with Crippen molar-refractivity contribution in [2.24, 2.45) is 0 Å². The number of aromatic nitrogens is 2. The minimum absolute atomic E-state index is 0.220. The summed E-state index contributed by atoms with van der Waals surface area (Å²) in [6, 6.07) is 15.4. The van der Waals surface area contributed by atoms with Crippen LogP contribution in [0.25, 0.3) is 5.69 Å². The summed E-state index contributed by atoms with van der Waals surface area (Å²) in [7, 11) is 0. The van der Waals surface area contributed by atoms with E-state index in [-0.39, 0.29) is 17.9 Å². The van der Waals surface area contributed by atoms with Gasteiger partial charge in [0.05, 0.1) is 17.3 Å². The third kappa shape index (κ3) is 5.15. The summed E-state index contributed by atoms with van der Waals surface area (Å²) in [5.74, 6) is 0.642. The molecule has 1 amide bonds. The summed E-state index contributed by atoms with van der Waals surface area (Å²) < 4.78 is 6.90. The molecule has 0 aliphatic heterocycles. The molecule has 140 valence electrons. The van der Waals surface area contributed by atoms with Crippen LogP contribution in [0, 0.1) is 0 Å². The number of rotatable bonds is 7. The van der Waals surface area contributed by atoms with Crippen LogP contribution in [-0.4, -0.2) is 22.3 Å². The molecule has 27 heavy (non-hydrogen) atoms. The van der Waals surface area contributed by atoms with Crippen LogP contribution in [0.5, 0.6) is 5.75 Å². The first-order chi connectivity index (χ1) is 13.0. The lowest BCUT2D eigenvalue weighted by molar-refractivity contribution is -0.116. The van der Waals surface area contributed by atoms with Gasteiger partial charge >= 0.3 is 0 Å². The molecule has 1 aromatic heterocycles. The highest BCUT2D eigenvalue weighted by Gasteiger charge is 2.09. The first-order valence-electron chi connectivity index (χ1n) is 8.28. The molecule has 0 saturated heterocycles. The van der Waals surface area contributed by atoms with E-state index in [1.807, 2.05) is 18.2 Å². The molecule has 0 saturated carbocycles. The lowest BCUT2D eigenvalue weighted by Crippen LogP contribution is -2.14. The average molecular weight is 406 g/mol. The second kappa shape index (κ2) is 8.79. The van der Waals surface area contributed by atoms with E-state index in [4.69, 9.17) is 27.9 Å². The summed E-state index contributed by atoms with van der Waals surface area (Å²) in [6.45, 7) is 0.330. The SMILES string of the molecule is O=C(CCCOc1ccc(Cl)cc1Cl)Nc1cc(=O)n(-c2ccccc2)[nH]1. The molecule has 0 aliphatic carbocycles. The van der Waals surface area contributed by atoms with Gasteiger partial charge in [0.25, 0.3) is 5.56 Å². The van der Waals surface area contributed by atoms with Gasteiger partial charge < -0.3 is 10.1 Å². The van der Waals surface area contributed by atoms with Crippen molar-refractivity contribution >= 4 is 34.9 Å². The van der Waals surface area contributed by atoms with Crippen molar-refractivity contribution in [3.05, 3.63) is 75.0 Å². The number of H-pyrrole nitrogens is 1. The number of para-hydroxylation sites is 1. The van der Waals surface area contributed by atoms with Gasteiger partial charge in [-0.25, -0.2) is 4.68 Å². The van der Waals surface area contributed by atoms with Crippen molar-refractivity contribution in [1.29, 1.82) is 0 Å². The van der Waals surface area contributed by atoms with Crippen LogP contribution in [0.1, 0.15) is 12.8 Å².